The molecular formula is C7H11ClNa2O6P2S. The Balaban J connectivity index is -0.000000361. The minimum atomic E-state index is -4.91. The van der Waals surface area contributed by atoms with E-state index >= 15 is 0 Å². The van der Waals surface area contributed by atoms with Gasteiger partial charge >= 0.3 is 74.3 Å². The van der Waals surface area contributed by atoms with Crippen molar-refractivity contribution in [2.75, 3.05) is 0 Å². The first-order valence-electron chi connectivity index (χ1n) is 4.13. The number of hydrogen-bond donors (Lipinski definition) is 4. The van der Waals surface area contributed by atoms with E-state index in [4.69, 9.17) is 31.2 Å². The summed E-state index contributed by atoms with van der Waals surface area (Å²) >= 11 is 6.04. The normalized spacial score (nSPS) is 11.7. The fourth-order valence-electron chi connectivity index (χ4n) is 0.968. The van der Waals surface area contributed by atoms with Crippen LogP contribution < -0.4 is 59.1 Å². The van der Waals surface area contributed by atoms with Gasteiger partial charge in [-0.05, 0) is 24.3 Å². The van der Waals surface area contributed by atoms with E-state index in [1.54, 1.807) is 0 Å². The zero-order chi connectivity index (χ0) is 13.3. The molecule has 100 valence electrons. The molecule has 0 saturated carbocycles. The average molecular weight is 367 g/mol. The van der Waals surface area contributed by atoms with Crippen molar-refractivity contribution in [2.24, 2.45) is 0 Å². The van der Waals surface area contributed by atoms with Gasteiger partial charge in [0, 0.05) is 9.92 Å². The van der Waals surface area contributed by atoms with Crippen molar-refractivity contribution in [3.63, 3.8) is 0 Å². The largest absolute Gasteiger partial charge is 1.00 e. The third-order valence-corrected chi connectivity index (χ3v) is 7.87. The zero-order valence-corrected chi connectivity index (χ0v) is 17.5. The van der Waals surface area contributed by atoms with Gasteiger partial charge in [0.2, 0.25) is 4.73 Å². The molecule has 0 bridgehead atoms. The summed E-state index contributed by atoms with van der Waals surface area (Å²) in [6.45, 7) is 0. The number of thioether (sulfide) groups is 1. The van der Waals surface area contributed by atoms with Gasteiger partial charge < -0.3 is 22.4 Å². The molecule has 0 saturated heterocycles. The van der Waals surface area contributed by atoms with Crippen molar-refractivity contribution in [1.29, 1.82) is 0 Å². The third-order valence-electron chi connectivity index (χ3n) is 1.63. The summed E-state index contributed by atoms with van der Waals surface area (Å²) in [5.41, 5.74) is 0. The number of benzene rings is 1. The molecule has 0 aromatic heterocycles. The first-order valence-corrected chi connectivity index (χ1v) is 8.75. The Kier molecular flexibility index (Phi) is 11.5. The second kappa shape index (κ2) is 9.33. The SMILES string of the molecule is O=P(O)(O)C(Sc1ccc(Cl)cc1)P(=O)(O)O.[H-].[H-].[Na+].[Na+]. The molecule has 6 nitrogen and oxygen atoms in total. The van der Waals surface area contributed by atoms with Crippen LogP contribution in [-0.4, -0.2) is 24.3 Å². The Morgan fingerprint density at radius 3 is 1.68 bits per heavy atom. The molecule has 19 heavy (non-hydrogen) atoms. The van der Waals surface area contributed by atoms with Crippen molar-refractivity contribution in [1.82, 2.24) is 0 Å². The van der Waals surface area contributed by atoms with E-state index in [-0.39, 0.29) is 62.0 Å². The van der Waals surface area contributed by atoms with Crippen LogP contribution in [0.1, 0.15) is 2.85 Å². The summed E-state index contributed by atoms with van der Waals surface area (Å²) < 4.78 is 19.9. The molecule has 12 heteroatoms. The summed E-state index contributed by atoms with van der Waals surface area (Å²) in [5.74, 6) is 0. The number of rotatable bonds is 4. The topological polar surface area (TPSA) is 115 Å². The van der Waals surface area contributed by atoms with Gasteiger partial charge in [0.15, 0.2) is 0 Å². The van der Waals surface area contributed by atoms with Crippen LogP contribution in [0.5, 0.6) is 0 Å². The summed E-state index contributed by atoms with van der Waals surface area (Å²) in [6, 6.07) is 5.76. The van der Waals surface area contributed by atoms with Crippen molar-refractivity contribution in [3.05, 3.63) is 29.3 Å². The molecule has 0 unspecified atom stereocenters. The maximum atomic E-state index is 11.0. The van der Waals surface area contributed by atoms with E-state index < -0.39 is 19.9 Å². The summed E-state index contributed by atoms with van der Waals surface area (Å²) in [7, 11) is -9.82. The van der Waals surface area contributed by atoms with Gasteiger partial charge in [-0.3, -0.25) is 9.13 Å². The summed E-state index contributed by atoms with van der Waals surface area (Å²) in [4.78, 5) is 35.9. The molecule has 0 heterocycles. The van der Waals surface area contributed by atoms with Crippen LogP contribution in [0.2, 0.25) is 5.02 Å². The van der Waals surface area contributed by atoms with Gasteiger partial charge in [-0.1, -0.05) is 23.4 Å². The molecule has 1 aromatic carbocycles. The monoisotopic (exact) mass is 366 g/mol. The van der Waals surface area contributed by atoms with Crippen LogP contribution in [0.15, 0.2) is 29.2 Å². The minimum Gasteiger partial charge on any atom is -1.00 e. The van der Waals surface area contributed by atoms with Gasteiger partial charge in [0.25, 0.3) is 0 Å². The van der Waals surface area contributed by atoms with Gasteiger partial charge in [-0.25, -0.2) is 0 Å². The molecule has 0 aliphatic rings. The van der Waals surface area contributed by atoms with Gasteiger partial charge in [0.1, 0.15) is 0 Å². The summed E-state index contributed by atoms with van der Waals surface area (Å²) in [6.07, 6.45) is 0. The van der Waals surface area contributed by atoms with Crippen LogP contribution in [0.25, 0.3) is 0 Å². The van der Waals surface area contributed by atoms with Crippen molar-refractivity contribution < 1.29 is 90.7 Å². The molecule has 4 N–H and O–H groups in total. The van der Waals surface area contributed by atoms with Gasteiger partial charge in [-0.15, -0.1) is 0 Å². The van der Waals surface area contributed by atoms with Crippen LogP contribution in [0.3, 0.4) is 0 Å². The van der Waals surface area contributed by atoms with E-state index in [2.05, 4.69) is 0 Å². The number of halogens is 1. The Morgan fingerprint density at radius 2 is 1.37 bits per heavy atom. The molecule has 0 aliphatic heterocycles. The van der Waals surface area contributed by atoms with Crippen LogP contribution in [0, 0.1) is 0 Å². The first kappa shape index (κ1) is 23.4. The molecule has 0 atom stereocenters. The predicted octanol–water partition coefficient (Wildman–Crippen LogP) is -3.70. The molecule has 0 fully saturated rings. The second-order valence-corrected chi connectivity index (χ2v) is 9.19. The Morgan fingerprint density at radius 1 is 1.00 bits per heavy atom. The maximum absolute atomic E-state index is 11.0. The van der Waals surface area contributed by atoms with Crippen molar-refractivity contribution >= 4 is 38.6 Å². The molecule has 0 amide bonds. The van der Waals surface area contributed by atoms with E-state index in [0.29, 0.717) is 21.7 Å². The molecular weight excluding hydrogens is 356 g/mol. The molecule has 1 rings (SSSR count). The van der Waals surface area contributed by atoms with E-state index in [9.17, 15) is 9.13 Å². The molecule has 0 radical (unpaired) electrons. The fourth-order valence-corrected chi connectivity index (χ4v) is 5.03. The third kappa shape index (κ3) is 8.38. The average Bonchev–Trinajstić information content (AvgIpc) is 2.13. The van der Waals surface area contributed by atoms with Crippen molar-refractivity contribution in [3.8, 4) is 0 Å². The first-order chi connectivity index (χ1) is 7.60. The molecule has 1 aromatic rings. The Hall–Kier alpha value is 2.16. The molecule has 0 aliphatic carbocycles. The van der Waals surface area contributed by atoms with Gasteiger partial charge in [0.05, 0.1) is 0 Å². The number of hydrogen-bond acceptors (Lipinski definition) is 3. The molecule has 0 spiro atoms. The van der Waals surface area contributed by atoms with E-state index in [1.807, 2.05) is 0 Å². The second-order valence-electron chi connectivity index (χ2n) is 3.08. The van der Waals surface area contributed by atoms with Crippen LogP contribution in [-0.2, 0) is 9.13 Å². The summed E-state index contributed by atoms with van der Waals surface area (Å²) in [5, 5.41) is 0.415. The minimum absolute atomic E-state index is 0. The smallest absolute Gasteiger partial charge is 1.00 e. The maximum Gasteiger partial charge on any atom is 1.00 e. The standard InChI is InChI=1S/C7H9ClO6P2S.2Na.2H/c8-5-1-3-6(4-2-5)17-7(15(9,10)11)16(12,13)14;;;;/h1-4,7H,(H2,9,10,11)(H2,12,13,14);;;;/q;2*+1;2*-1. The quantitative estimate of drug-likeness (QED) is 0.246. The Labute approximate surface area is 166 Å². The predicted molar refractivity (Wildman–Crippen MR) is 67.4 cm³/mol. The fraction of sp³-hybridized carbons (Fsp3) is 0.143. The zero-order valence-electron chi connectivity index (χ0n) is 12.2. The van der Waals surface area contributed by atoms with E-state index in [0.717, 1.165) is 0 Å². The Bertz CT molecular complexity index is 476. The van der Waals surface area contributed by atoms with Crippen molar-refractivity contribution in [2.45, 2.75) is 9.63 Å². The van der Waals surface area contributed by atoms with Gasteiger partial charge in [-0.2, -0.15) is 0 Å². The van der Waals surface area contributed by atoms with E-state index in [1.165, 1.54) is 24.3 Å². The van der Waals surface area contributed by atoms with Crippen LogP contribution >= 0.6 is 38.6 Å². The van der Waals surface area contributed by atoms with Crippen LogP contribution in [0.4, 0.5) is 0 Å².